The molecule has 2 aromatic rings. The van der Waals surface area contributed by atoms with E-state index in [1.807, 2.05) is 30.3 Å². The number of carbonyl (C=O) groups is 3. The summed E-state index contributed by atoms with van der Waals surface area (Å²) in [5, 5.41) is 14.0. The van der Waals surface area contributed by atoms with Crippen molar-refractivity contribution in [3.8, 4) is 6.07 Å². The second-order valence-corrected chi connectivity index (χ2v) is 8.22. The Morgan fingerprint density at radius 3 is 2.17 bits per heavy atom. The van der Waals surface area contributed by atoms with E-state index in [4.69, 9.17) is 0 Å². The summed E-state index contributed by atoms with van der Waals surface area (Å²) in [6, 6.07) is 13.5. The SMILES string of the molecule is Cc1ccc(C(=O)NCC(F)(F)F)cc1NC(=O)CCC(=O)C(C#N)=C1N(C)c2ccccc2N1C. The normalized spacial score (nSPS) is 12.6. The van der Waals surface area contributed by atoms with Crippen LogP contribution in [0.1, 0.15) is 28.8 Å². The summed E-state index contributed by atoms with van der Waals surface area (Å²) in [4.78, 5) is 40.9. The van der Waals surface area contributed by atoms with Crippen LogP contribution in [0.15, 0.2) is 53.9 Å². The Morgan fingerprint density at radius 1 is 1.00 bits per heavy atom. The molecule has 36 heavy (non-hydrogen) atoms. The molecule has 0 radical (unpaired) electrons. The standard InChI is InChI=1S/C25H24F3N5O3/c1-15-8-9-16(23(36)30-14-25(26,27)28)12-18(15)31-22(35)11-10-21(34)17(13-29)24-32(2)19-6-4-5-7-20(19)33(24)3/h4-9,12H,10-11,14H2,1-3H3,(H,30,36)(H,31,35). The number of nitriles is 1. The van der Waals surface area contributed by atoms with Gasteiger partial charge in [0.2, 0.25) is 5.91 Å². The molecule has 1 heterocycles. The van der Waals surface area contributed by atoms with Gasteiger partial charge in [-0.05, 0) is 36.8 Å². The molecule has 0 bridgehead atoms. The van der Waals surface area contributed by atoms with Gasteiger partial charge in [-0.15, -0.1) is 0 Å². The molecule has 3 rings (SSSR count). The van der Waals surface area contributed by atoms with Crippen LogP contribution in [0.5, 0.6) is 0 Å². The van der Waals surface area contributed by atoms with E-state index in [-0.39, 0.29) is 29.7 Å². The van der Waals surface area contributed by atoms with Gasteiger partial charge in [0, 0.05) is 38.2 Å². The molecule has 1 aliphatic rings. The third kappa shape index (κ3) is 5.83. The highest BCUT2D eigenvalue weighted by Gasteiger charge is 2.31. The predicted molar refractivity (Wildman–Crippen MR) is 128 cm³/mol. The van der Waals surface area contributed by atoms with Crippen LogP contribution in [0.3, 0.4) is 0 Å². The number of ketones is 1. The summed E-state index contributed by atoms with van der Waals surface area (Å²) >= 11 is 0. The molecule has 0 fully saturated rings. The topological polar surface area (TPSA) is 106 Å². The van der Waals surface area contributed by atoms with E-state index in [1.54, 1.807) is 36.1 Å². The van der Waals surface area contributed by atoms with Gasteiger partial charge in [-0.25, -0.2) is 0 Å². The number of amides is 2. The smallest absolute Gasteiger partial charge is 0.343 e. The monoisotopic (exact) mass is 499 g/mol. The van der Waals surface area contributed by atoms with Crippen LogP contribution in [-0.2, 0) is 9.59 Å². The summed E-state index contributed by atoms with van der Waals surface area (Å²) in [6.45, 7) is 0.176. The molecule has 2 amide bonds. The molecule has 2 aromatic carbocycles. The van der Waals surface area contributed by atoms with Gasteiger partial charge in [0.15, 0.2) is 5.78 Å². The number of anilines is 3. The van der Waals surface area contributed by atoms with Crippen molar-refractivity contribution in [1.29, 1.82) is 5.26 Å². The van der Waals surface area contributed by atoms with Crippen molar-refractivity contribution in [3.05, 3.63) is 65.0 Å². The van der Waals surface area contributed by atoms with Crippen LogP contribution in [0, 0.1) is 18.3 Å². The van der Waals surface area contributed by atoms with Crippen molar-refractivity contribution in [2.24, 2.45) is 0 Å². The number of Topliss-reactive ketones (excluding diaryl/α,β-unsaturated/α-hetero) is 1. The number of halogens is 3. The van der Waals surface area contributed by atoms with E-state index in [1.165, 1.54) is 18.2 Å². The first-order valence-electron chi connectivity index (χ1n) is 10.9. The summed E-state index contributed by atoms with van der Waals surface area (Å²) in [5.41, 5.74) is 2.35. The second-order valence-electron chi connectivity index (χ2n) is 8.22. The Hall–Kier alpha value is -4.33. The molecule has 8 nitrogen and oxygen atoms in total. The van der Waals surface area contributed by atoms with E-state index in [9.17, 15) is 32.8 Å². The first-order valence-corrected chi connectivity index (χ1v) is 10.9. The molecule has 1 aliphatic heterocycles. The molecule has 11 heteroatoms. The van der Waals surface area contributed by atoms with Gasteiger partial charge in [0.05, 0.1) is 11.4 Å². The molecule has 0 aliphatic carbocycles. The third-order valence-electron chi connectivity index (χ3n) is 5.66. The van der Waals surface area contributed by atoms with Crippen LogP contribution in [0.25, 0.3) is 0 Å². The second kappa shape index (κ2) is 10.5. The van der Waals surface area contributed by atoms with Gasteiger partial charge in [0.1, 0.15) is 24.0 Å². The molecule has 0 unspecified atom stereocenters. The molecular weight excluding hydrogens is 475 g/mol. The maximum absolute atomic E-state index is 12.9. The number of carbonyl (C=O) groups excluding carboxylic acids is 3. The third-order valence-corrected chi connectivity index (χ3v) is 5.66. The highest BCUT2D eigenvalue weighted by molar-refractivity contribution is 6.05. The van der Waals surface area contributed by atoms with Crippen LogP contribution >= 0.6 is 0 Å². The number of fused-ring (bicyclic) bond motifs is 1. The van der Waals surface area contributed by atoms with Gasteiger partial charge < -0.3 is 20.4 Å². The lowest BCUT2D eigenvalue weighted by atomic mass is 10.1. The average Bonchev–Trinajstić information content (AvgIpc) is 3.08. The molecule has 0 aromatic heterocycles. The average molecular weight is 499 g/mol. The number of allylic oxidation sites excluding steroid dienone is 1. The minimum Gasteiger partial charge on any atom is -0.343 e. The van der Waals surface area contributed by atoms with Gasteiger partial charge in [-0.1, -0.05) is 18.2 Å². The summed E-state index contributed by atoms with van der Waals surface area (Å²) < 4.78 is 37.1. The van der Waals surface area contributed by atoms with Gasteiger partial charge >= 0.3 is 6.18 Å². The maximum atomic E-state index is 12.9. The van der Waals surface area contributed by atoms with E-state index in [0.29, 0.717) is 11.4 Å². The lowest BCUT2D eigenvalue weighted by Gasteiger charge is -2.20. The number of benzene rings is 2. The summed E-state index contributed by atoms with van der Waals surface area (Å²) in [6.07, 6.45) is -5.02. The van der Waals surface area contributed by atoms with Crippen molar-refractivity contribution in [2.75, 3.05) is 35.8 Å². The molecular formula is C25H24F3N5O3. The van der Waals surface area contributed by atoms with Crippen molar-refractivity contribution in [3.63, 3.8) is 0 Å². The lowest BCUT2D eigenvalue weighted by Crippen LogP contribution is -2.33. The van der Waals surface area contributed by atoms with Crippen molar-refractivity contribution < 1.29 is 27.6 Å². The van der Waals surface area contributed by atoms with Crippen molar-refractivity contribution in [1.82, 2.24) is 5.32 Å². The zero-order valence-electron chi connectivity index (χ0n) is 19.9. The van der Waals surface area contributed by atoms with E-state index >= 15 is 0 Å². The largest absolute Gasteiger partial charge is 0.405 e. The number of hydrogen-bond acceptors (Lipinski definition) is 6. The lowest BCUT2D eigenvalue weighted by molar-refractivity contribution is -0.123. The van der Waals surface area contributed by atoms with Crippen LogP contribution in [0.4, 0.5) is 30.2 Å². The van der Waals surface area contributed by atoms with Crippen LogP contribution in [-0.4, -0.2) is 44.4 Å². The quantitative estimate of drug-likeness (QED) is 0.442. The first kappa shape index (κ1) is 26.3. The fraction of sp³-hybridized carbons (Fsp3) is 0.280. The van der Waals surface area contributed by atoms with Crippen molar-refractivity contribution in [2.45, 2.75) is 25.9 Å². The molecule has 0 saturated heterocycles. The minimum atomic E-state index is -4.55. The predicted octanol–water partition coefficient (Wildman–Crippen LogP) is 3.90. The summed E-state index contributed by atoms with van der Waals surface area (Å²) in [7, 11) is 3.49. The minimum absolute atomic E-state index is 0.0559. The summed E-state index contributed by atoms with van der Waals surface area (Å²) in [5.74, 6) is -1.57. The number of aryl methyl sites for hydroxylation is 1. The number of nitrogens with zero attached hydrogens (tertiary/aromatic N) is 3. The highest BCUT2D eigenvalue weighted by Crippen LogP contribution is 2.40. The highest BCUT2D eigenvalue weighted by atomic mass is 19.4. The number of nitrogens with one attached hydrogen (secondary N) is 2. The maximum Gasteiger partial charge on any atom is 0.405 e. The van der Waals surface area contributed by atoms with Crippen LogP contribution < -0.4 is 20.4 Å². The Morgan fingerprint density at radius 2 is 1.61 bits per heavy atom. The Balaban J connectivity index is 1.67. The number of para-hydroxylation sites is 2. The van der Waals surface area contributed by atoms with Gasteiger partial charge in [0.25, 0.3) is 5.91 Å². The van der Waals surface area contributed by atoms with E-state index < -0.39 is 30.3 Å². The molecule has 188 valence electrons. The zero-order valence-corrected chi connectivity index (χ0v) is 19.9. The van der Waals surface area contributed by atoms with E-state index in [2.05, 4.69) is 5.32 Å². The number of alkyl halides is 3. The first-order chi connectivity index (χ1) is 16.9. The Bertz CT molecular complexity index is 1250. The molecule has 0 saturated carbocycles. The Kier molecular flexibility index (Phi) is 7.68. The number of rotatable bonds is 7. The molecule has 2 N–H and O–H groups in total. The van der Waals surface area contributed by atoms with Gasteiger partial charge in [-0.2, -0.15) is 18.4 Å². The Labute approximate surface area is 206 Å². The molecule has 0 atom stereocenters. The van der Waals surface area contributed by atoms with Crippen molar-refractivity contribution >= 4 is 34.7 Å². The number of hydrogen-bond donors (Lipinski definition) is 2. The van der Waals surface area contributed by atoms with Crippen LogP contribution in [0.2, 0.25) is 0 Å². The van der Waals surface area contributed by atoms with Gasteiger partial charge in [-0.3, -0.25) is 14.4 Å². The zero-order chi connectivity index (χ0) is 26.6. The fourth-order valence-electron chi connectivity index (χ4n) is 3.80. The fourth-order valence-corrected chi connectivity index (χ4v) is 3.80. The van der Waals surface area contributed by atoms with E-state index in [0.717, 1.165) is 11.4 Å². The molecule has 0 spiro atoms.